The minimum Gasteiger partial charge on any atom is -0.508 e. The van der Waals surface area contributed by atoms with Crippen molar-refractivity contribution in [2.75, 3.05) is 31.1 Å². The highest BCUT2D eigenvalue weighted by Gasteiger charge is 2.86. The van der Waals surface area contributed by atoms with Crippen LogP contribution in [0.1, 0.15) is 49.8 Å². The molecule has 0 aliphatic carbocycles. The lowest BCUT2D eigenvalue weighted by atomic mass is 9.93. The molecule has 5 atom stereocenters. The predicted molar refractivity (Wildman–Crippen MR) is 189 cm³/mol. The summed E-state index contributed by atoms with van der Waals surface area (Å²) < 4.78 is 167. The van der Waals surface area contributed by atoms with E-state index in [4.69, 9.17) is 21.1 Å². The summed E-state index contributed by atoms with van der Waals surface area (Å²) >= 11 is 0. The normalized spacial score (nSPS) is 26.0. The van der Waals surface area contributed by atoms with Gasteiger partial charge in [-0.25, -0.2) is 13.8 Å². The zero-order chi connectivity index (χ0) is 42.0. The van der Waals surface area contributed by atoms with Crippen molar-refractivity contribution in [3.05, 3.63) is 47.2 Å². The summed E-state index contributed by atoms with van der Waals surface area (Å²) in [5, 5.41) is 14.9. The maximum atomic E-state index is 17.3. The second-order valence-electron chi connectivity index (χ2n) is 15.9. The van der Waals surface area contributed by atoms with Crippen molar-refractivity contribution >= 4 is 27.5 Å². The van der Waals surface area contributed by atoms with Gasteiger partial charge in [0.15, 0.2) is 5.82 Å². The fraction of sp³-hybridized carbons (Fsp3) is 0.513. The SMILES string of the molecule is C#Cc1c(F)ccc2cc(O)cc(-c3nc4c5c(nc(OC[C@@]67CCCN6C[C@@H](OC(C(F)(F)F)(C(F)(F)F)C(F)(F)F)C7)nc5c3F)N3C[C@H]5CC[C@H](N5)[C@H]3CC4)c12. The Morgan fingerprint density at radius 2 is 1.68 bits per heavy atom. The Morgan fingerprint density at radius 3 is 2.39 bits per heavy atom. The average Bonchev–Trinajstić information content (AvgIpc) is 3.80. The lowest BCUT2D eigenvalue weighted by Gasteiger charge is -2.41. The average molecular weight is 843 g/mol. The molecule has 5 aliphatic rings. The van der Waals surface area contributed by atoms with Gasteiger partial charge in [-0.15, -0.1) is 6.42 Å². The van der Waals surface area contributed by atoms with Crippen LogP contribution in [-0.4, -0.2) is 105 Å². The second kappa shape index (κ2) is 13.4. The van der Waals surface area contributed by atoms with Gasteiger partial charge in [-0.2, -0.15) is 49.5 Å². The number of phenols is 1. The number of anilines is 1. The summed E-state index contributed by atoms with van der Waals surface area (Å²) in [5.74, 6) is 0.493. The molecule has 0 unspecified atom stereocenters. The van der Waals surface area contributed by atoms with Crippen LogP contribution in [-0.2, 0) is 11.2 Å². The summed E-state index contributed by atoms with van der Waals surface area (Å²) in [6.07, 6.45) is -14.7. The van der Waals surface area contributed by atoms with Gasteiger partial charge >= 0.3 is 30.1 Å². The topological polar surface area (TPSA) is 95.9 Å². The molecule has 4 saturated heterocycles. The smallest absolute Gasteiger partial charge is 0.435 e. The van der Waals surface area contributed by atoms with Gasteiger partial charge in [0.1, 0.15) is 35.2 Å². The zero-order valence-electron chi connectivity index (χ0n) is 30.6. The molecule has 2 aromatic carbocycles. The number of pyridine rings is 1. The number of hydrogen-bond acceptors (Lipinski definition) is 9. The molecule has 59 heavy (non-hydrogen) atoms. The van der Waals surface area contributed by atoms with E-state index in [-0.39, 0.29) is 75.8 Å². The van der Waals surface area contributed by atoms with Gasteiger partial charge < -0.3 is 24.8 Å². The van der Waals surface area contributed by atoms with Crippen molar-refractivity contribution in [3.63, 3.8) is 0 Å². The number of piperazine rings is 1. The molecule has 0 radical (unpaired) electrons. The van der Waals surface area contributed by atoms with Crippen molar-refractivity contribution in [2.24, 2.45) is 0 Å². The number of nitrogens with one attached hydrogen (secondary N) is 1. The van der Waals surface area contributed by atoms with Crippen LogP contribution in [0, 0.1) is 24.0 Å². The Labute approximate surface area is 327 Å². The zero-order valence-corrected chi connectivity index (χ0v) is 30.6. The molecule has 4 aromatic rings. The number of terminal acetylenes is 1. The second-order valence-corrected chi connectivity index (χ2v) is 15.9. The third-order valence-electron chi connectivity index (χ3n) is 12.6. The van der Waals surface area contributed by atoms with Crippen LogP contribution in [0.3, 0.4) is 0 Å². The molecular formula is C39H33F11N6O3. The third-order valence-corrected chi connectivity index (χ3v) is 12.6. The number of ether oxygens (including phenoxy) is 2. The largest absolute Gasteiger partial charge is 0.508 e. The minimum atomic E-state index is -6.89. The molecule has 0 spiro atoms. The van der Waals surface area contributed by atoms with Crippen LogP contribution in [0.5, 0.6) is 11.8 Å². The molecule has 314 valence electrons. The molecule has 4 fully saturated rings. The van der Waals surface area contributed by atoms with Crippen molar-refractivity contribution in [1.82, 2.24) is 25.2 Å². The van der Waals surface area contributed by atoms with E-state index in [0.29, 0.717) is 36.9 Å². The summed E-state index contributed by atoms with van der Waals surface area (Å²) in [6, 6.07) is 4.56. The fourth-order valence-corrected chi connectivity index (χ4v) is 10.0. The summed E-state index contributed by atoms with van der Waals surface area (Å²) in [4.78, 5) is 17.4. The van der Waals surface area contributed by atoms with E-state index in [1.807, 2.05) is 4.90 Å². The predicted octanol–water partition coefficient (Wildman–Crippen LogP) is 7.49. The molecule has 2 aromatic heterocycles. The van der Waals surface area contributed by atoms with Gasteiger partial charge in [0.05, 0.1) is 28.3 Å². The van der Waals surface area contributed by atoms with Crippen LogP contribution >= 0.6 is 0 Å². The number of aromatic hydroxyl groups is 1. The lowest BCUT2D eigenvalue weighted by molar-refractivity contribution is -0.463. The van der Waals surface area contributed by atoms with Gasteiger partial charge in [-0.1, -0.05) is 12.0 Å². The number of rotatable bonds is 6. The lowest BCUT2D eigenvalue weighted by Crippen LogP contribution is -2.68. The Kier molecular flexibility index (Phi) is 9.01. The number of benzene rings is 2. The van der Waals surface area contributed by atoms with Crippen molar-refractivity contribution in [1.29, 1.82) is 0 Å². The Morgan fingerprint density at radius 1 is 0.932 bits per heavy atom. The molecule has 2 N–H and O–H groups in total. The van der Waals surface area contributed by atoms with Gasteiger partial charge in [0.25, 0.3) is 0 Å². The fourth-order valence-electron chi connectivity index (χ4n) is 10.0. The van der Waals surface area contributed by atoms with Gasteiger partial charge in [-0.05, 0) is 75.1 Å². The van der Waals surface area contributed by atoms with Crippen molar-refractivity contribution < 1.29 is 62.9 Å². The van der Waals surface area contributed by atoms with Crippen LogP contribution in [0.2, 0.25) is 0 Å². The van der Waals surface area contributed by atoms with E-state index in [0.717, 1.165) is 18.9 Å². The van der Waals surface area contributed by atoms with E-state index in [1.165, 1.54) is 23.1 Å². The van der Waals surface area contributed by atoms with Crippen LogP contribution in [0.15, 0.2) is 24.3 Å². The Hall–Kier alpha value is -4.74. The van der Waals surface area contributed by atoms with Gasteiger partial charge in [0, 0.05) is 42.2 Å². The number of alkyl halides is 9. The highest BCUT2D eigenvalue weighted by atomic mass is 19.4. The molecule has 5 aliphatic heterocycles. The van der Waals surface area contributed by atoms with Crippen LogP contribution in [0.4, 0.5) is 54.1 Å². The number of halogens is 11. The first-order valence-electron chi connectivity index (χ1n) is 18.9. The highest BCUT2D eigenvalue weighted by Crippen LogP contribution is 2.57. The molecule has 0 saturated carbocycles. The third kappa shape index (κ3) is 6.04. The number of aromatic nitrogens is 3. The number of aryl methyl sites for hydroxylation is 1. The first-order valence-corrected chi connectivity index (χ1v) is 18.9. The molecule has 9 rings (SSSR count). The van der Waals surface area contributed by atoms with E-state index in [9.17, 15) is 44.6 Å². The monoisotopic (exact) mass is 842 g/mol. The molecule has 20 heteroatoms. The van der Waals surface area contributed by atoms with Crippen LogP contribution < -0.4 is 15.0 Å². The minimum absolute atomic E-state index is 0.0291. The van der Waals surface area contributed by atoms with Crippen molar-refractivity contribution in [3.8, 4) is 35.4 Å². The molecular weight excluding hydrogens is 809 g/mol. The maximum Gasteiger partial charge on any atom is 0.435 e. The van der Waals surface area contributed by atoms with E-state index >= 15 is 8.78 Å². The van der Waals surface area contributed by atoms with Gasteiger partial charge in [0.2, 0.25) is 0 Å². The quantitative estimate of drug-likeness (QED) is 0.151. The number of nitrogens with zero attached hydrogens (tertiary/aromatic N) is 5. The van der Waals surface area contributed by atoms with Crippen molar-refractivity contribution in [2.45, 2.75) is 98.8 Å². The Bertz CT molecular complexity index is 2380. The molecule has 0 amide bonds. The summed E-state index contributed by atoms with van der Waals surface area (Å²) in [7, 11) is 0. The molecule has 9 nitrogen and oxygen atoms in total. The Balaban J connectivity index is 1.14. The number of phenolic OH excluding ortho intramolecular Hbond substituents is 1. The highest BCUT2D eigenvalue weighted by molar-refractivity contribution is 6.03. The van der Waals surface area contributed by atoms with E-state index in [1.54, 1.807) is 0 Å². The maximum absolute atomic E-state index is 17.3. The number of hydrogen-bond donors (Lipinski definition) is 2. The first-order chi connectivity index (χ1) is 27.7. The van der Waals surface area contributed by atoms with E-state index in [2.05, 4.69) is 21.0 Å². The molecule has 2 bridgehead atoms. The molecule has 7 heterocycles. The summed E-state index contributed by atoms with van der Waals surface area (Å²) in [6.45, 7) is -0.610. The van der Waals surface area contributed by atoms with Crippen LogP contribution in [0.25, 0.3) is 32.9 Å². The first kappa shape index (κ1) is 39.7. The standard InChI is InChI=1S/C39H33F11N6O3/c1-2-22-24(40)6-4-18-12-20(57)13-23(28(18)22)31-30(41)32-29-26(52-31)8-9-27-25-7-5-19(51-25)15-56(27)33(29)54-34(53-32)58-17-35-10-3-11-55(35)16-21(14-35)59-36(37(42,43)44,38(45,46)47)39(48,49)50/h1,4,6,12-13,19,21,25,27,51,57H,3,5,7-11,14-17H2/t19-,21+,25+,27-,35+/m1/s1. The number of fused-ring (bicyclic) bond motifs is 7. The van der Waals surface area contributed by atoms with E-state index < -0.39 is 73.0 Å². The summed E-state index contributed by atoms with van der Waals surface area (Å²) in [5.41, 5.74) is -8.25. The van der Waals surface area contributed by atoms with Gasteiger partial charge in [-0.3, -0.25) is 4.90 Å².